The maximum atomic E-state index is 14.0. The molecule has 4 aliphatic heterocycles. The van der Waals surface area contributed by atoms with Crippen LogP contribution < -0.4 is 33.1 Å². The molecule has 4 aliphatic rings. The summed E-state index contributed by atoms with van der Waals surface area (Å²) in [6.07, 6.45) is 2.88. The zero-order valence-corrected chi connectivity index (χ0v) is 35.1. The molecular formula is C44H45Cl2N3O7S. The summed E-state index contributed by atoms with van der Waals surface area (Å²) in [7, 11) is 9.05. The molecule has 4 heterocycles. The first-order valence-electron chi connectivity index (χ1n) is 18.8. The first kappa shape index (κ1) is 39.2. The quantitative estimate of drug-likeness (QED) is 0.172. The van der Waals surface area contributed by atoms with Gasteiger partial charge >= 0.3 is 0 Å². The summed E-state index contributed by atoms with van der Waals surface area (Å²) in [4.78, 5) is 5.10. The van der Waals surface area contributed by atoms with Gasteiger partial charge in [0.05, 0.1) is 44.0 Å². The van der Waals surface area contributed by atoms with E-state index in [1.165, 1.54) is 11.1 Å². The first-order chi connectivity index (χ1) is 27.6. The second-order valence-corrected chi connectivity index (χ2v) is 16.6. The standard InChI is InChI=1S/C44H45Cl2N3O7S/c1-48-15-13-26-19-36(51-3)39-23-31(26)34(48)17-25-7-10-30(11-8-25)55-38-21-28(33(24-37(38)52-4)47-57(50)41-12-9-29(45)22-32(41)46)18-35-42-27(14-16-49(35)2)20-40(53-5)43(54-6)44(42)56-39/h7-12,19-24,34-35,47H,13-18H2,1-6H3/t34-,35-,57?/m0/s1. The Hall–Kier alpha value is -4.65. The number of methoxy groups -OCH3 is 4. The average Bonchev–Trinajstić information content (AvgIpc) is 3.20. The molecular weight excluding hydrogens is 785 g/mol. The Labute approximate surface area is 346 Å². The summed E-state index contributed by atoms with van der Waals surface area (Å²) in [5.41, 5.74) is 7.03. The maximum Gasteiger partial charge on any atom is 0.204 e. The third-order valence-electron chi connectivity index (χ3n) is 11.3. The Balaban J connectivity index is 1.35. The third kappa shape index (κ3) is 7.59. The van der Waals surface area contributed by atoms with Crippen molar-refractivity contribution in [2.75, 3.05) is 60.3 Å². The minimum Gasteiger partial charge on any atom is -0.493 e. The van der Waals surface area contributed by atoms with Crippen molar-refractivity contribution in [3.05, 3.63) is 116 Å². The van der Waals surface area contributed by atoms with Crippen LogP contribution in [-0.4, -0.2) is 69.6 Å². The van der Waals surface area contributed by atoms with Crippen LogP contribution >= 0.6 is 23.2 Å². The van der Waals surface area contributed by atoms with Gasteiger partial charge in [-0.2, -0.15) is 0 Å². The van der Waals surface area contributed by atoms with Gasteiger partial charge in [-0.15, -0.1) is 0 Å². The normalized spacial score (nSPS) is 18.2. The van der Waals surface area contributed by atoms with Gasteiger partial charge in [-0.1, -0.05) is 35.3 Å². The molecule has 6 bridgehead atoms. The molecule has 1 N–H and O–H groups in total. The Morgan fingerprint density at radius 1 is 0.702 bits per heavy atom. The van der Waals surface area contributed by atoms with Gasteiger partial charge in [0.2, 0.25) is 5.75 Å². The molecule has 0 aromatic heterocycles. The number of fused-ring (bicyclic) bond motifs is 2. The van der Waals surface area contributed by atoms with Gasteiger partial charge < -0.3 is 33.1 Å². The number of nitrogens with one attached hydrogen (secondary N) is 1. The molecule has 10 nitrogen and oxygen atoms in total. The molecule has 0 fully saturated rings. The van der Waals surface area contributed by atoms with Crippen LogP contribution in [0, 0.1) is 0 Å². The summed E-state index contributed by atoms with van der Waals surface area (Å²) in [5, 5.41) is 0.741. The van der Waals surface area contributed by atoms with Gasteiger partial charge in [0.25, 0.3) is 0 Å². The van der Waals surface area contributed by atoms with Gasteiger partial charge in [0.1, 0.15) is 5.75 Å². The highest BCUT2D eigenvalue weighted by Crippen LogP contribution is 2.52. The number of benzene rings is 5. The number of ether oxygens (including phenoxy) is 6. The van der Waals surface area contributed by atoms with E-state index in [4.69, 9.17) is 51.6 Å². The zero-order chi connectivity index (χ0) is 40.0. The molecule has 5 aromatic rings. The molecule has 0 aliphatic carbocycles. The number of nitrogens with zero attached hydrogens (tertiary/aromatic N) is 2. The fourth-order valence-electron chi connectivity index (χ4n) is 8.22. The van der Waals surface area contributed by atoms with E-state index in [-0.39, 0.29) is 17.1 Å². The van der Waals surface area contributed by atoms with Crippen LogP contribution in [0.1, 0.15) is 45.5 Å². The summed E-state index contributed by atoms with van der Waals surface area (Å²) < 4.78 is 54.9. The van der Waals surface area contributed by atoms with Gasteiger partial charge in [-0.05, 0) is 122 Å². The number of likely N-dealkylation sites (N-methyl/N-ethyl adjacent to an activating group) is 2. The van der Waals surface area contributed by atoms with Gasteiger partial charge in [0, 0.05) is 41.8 Å². The predicted octanol–water partition coefficient (Wildman–Crippen LogP) is 9.60. The lowest BCUT2D eigenvalue weighted by Gasteiger charge is -2.37. The first-order valence-corrected chi connectivity index (χ1v) is 20.7. The second kappa shape index (κ2) is 16.3. The van der Waals surface area contributed by atoms with E-state index in [2.05, 4.69) is 52.9 Å². The highest BCUT2D eigenvalue weighted by Gasteiger charge is 2.35. The maximum absolute atomic E-state index is 14.0. The Bertz CT molecular complexity index is 2360. The molecule has 1 unspecified atom stereocenters. The Kier molecular flexibility index (Phi) is 11.2. The Morgan fingerprint density at radius 3 is 2.07 bits per heavy atom. The van der Waals surface area contributed by atoms with Crippen LogP contribution in [0.2, 0.25) is 10.0 Å². The molecule has 5 aromatic carbocycles. The molecule has 13 heteroatoms. The predicted molar refractivity (Wildman–Crippen MR) is 224 cm³/mol. The van der Waals surface area contributed by atoms with Crippen molar-refractivity contribution in [1.29, 1.82) is 0 Å². The monoisotopic (exact) mass is 829 g/mol. The van der Waals surface area contributed by atoms with Crippen LogP contribution in [0.3, 0.4) is 0 Å². The van der Waals surface area contributed by atoms with E-state index in [0.29, 0.717) is 68.0 Å². The molecule has 0 radical (unpaired) electrons. The fourth-order valence-corrected chi connectivity index (χ4v) is 9.76. The summed E-state index contributed by atoms with van der Waals surface area (Å²) >= 11 is 12.7. The third-order valence-corrected chi connectivity index (χ3v) is 13.1. The topological polar surface area (TPSA) is 91.0 Å². The lowest BCUT2D eigenvalue weighted by Crippen LogP contribution is -2.34. The lowest BCUT2D eigenvalue weighted by atomic mass is 9.87. The number of hydrogen-bond donors (Lipinski definition) is 1. The largest absolute Gasteiger partial charge is 0.493 e. The van der Waals surface area contributed by atoms with E-state index in [1.54, 1.807) is 46.6 Å². The summed E-state index contributed by atoms with van der Waals surface area (Å²) in [5.74, 6) is 4.48. The summed E-state index contributed by atoms with van der Waals surface area (Å²) in [6.45, 7) is 1.68. The SMILES string of the molecule is COc1cc(NS(=O)c2ccc(Cl)cc2Cl)c2cc1Oc1ccc(cc1)C[C@H]1c3cc(c(OC)cc3CCN1C)Oc1c(OC)c(OC)cc3c1[C@H](C2)N(C)CC3. The van der Waals surface area contributed by atoms with Crippen molar-refractivity contribution in [1.82, 2.24) is 9.80 Å². The van der Waals surface area contributed by atoms with Crippen molar-refractivity contribution in [3.63, 3.8) is 0 Å². The second-order valence-electron chi connectivity index (χ2n) is 14.6. The van der Waals surface area contributed by atoms with Crippen molar-refractivity contribution < 1.29 is 32.6 Å². The van der Waals surface area contributed by atoms with Gasteiger partial charge in [-0.25, -0.2) is 4.21 Å². The van der Waals surface area contributed by atoms with Gasteiger partial charge in [-0.3, -0.25) is 9.80 Å². The van der Waals surface area contributed by atoms with Crippen LogP contribution in [0.25, 0.3) is 0 Å². The van der Waals surface area contributed by atoms with Crippen LogP contribution in [-0.2, 0) is 36.7 Å². The highest BCUT2D eigenvalue weighted by molar-refractivity contribution is 7.86. The highest BCUT2D eigenvalue weighted by atomic mass is 35.5. The van der Waals surface area contributed by atoms with Crippen LogP contribution in [0.4, 0.5) is 5.69 Å². The fraction of sp³-hybridized carbons (Fsp3) is 0.318. The molecule has 57 heavy (non-hydrogen) atoms. The minimum absolute atomic E-state index is 0.101. The number of hydrogen-bond acceptors (Lipinski definition) is 9. The number of halogens is 2. The van der Waals surface area contributed by atoms with E-state index in [1.807, 2.05) is 30.3 Å². The molecule has 9 rings (SSSR count). The number of rotatable bonds is 7. The van der Waals surface area contributed by atoms with E-state index in [9.17, 15) is 4.21 Å². The van der Waals surface area contributed by atoms with E-state index >= 15 is 0 Å². The molecule has 0 spiro atoms. The van der Waals surface area contributed by atoms with Crippen LogP contribution in [0.5, 0.6) is 46.0 Å². The summed E-state index contributed by atoms with van der Waals surface area (Å²) in [6, 6.07) is 23.0. The molecule has 0 saturated heterocycles. The Morgan fingerprint density at radius 2 is 1.37 bits per heavy atom. The van der Waals surface area contributed by atoms with Gasteiger partial charge in [0.15, 0.2) is 45.5 Å². The van der Waals surface area contributed by atoms with E-state index in [0.717, 1.165) is 54.6 Å². The van der Waals surface area contributed by atoms with Crippen molar-refractivity contribution in [2.24, 2.45) is 0 Å². The molecule has 3 atom stereocenters. The van der Waals surface area contributed by atoms with Crippen molar-refractivity contribution in [3.8, 4) is 46.0 Å². The molecule has 0 saturated carbocycles. The molecule has 0 amide bonds. The zero-order valence-electron chi connectivity index (χ0n) is 32.7. The lowest BCUT2D eigenvalue weighted by molar-refractivity contribution is 0.220. The van der Waals surface area contributed by atoms with Crippen LogP contribution in [0.15, 0.2) is 77.7 Å². The van der Waals surface area contributed by atoms with E-state index < -0.39 is 11.0 Å². The average molecular weight is 831 g/mol. The molecule has 298 valence electrons. The number of anilines is 1. The smallest absolute Gasteiger partial charge is 0.204 e. The van der Waals surface area contributed by atoms with Crippen molar-refractivity contribution in [2.45, 2.75) is 42.7 Å². The van der Waals surface area contributed by atoms with Crippen molar-refractivity contribution >= 4 is 39.9 Å². The minimum atomic E-state index is -1.76.